The molecule has 0 atom stereocenters. The van der Waals surface area contributed by atoms with Gasteiger partial charge in [0.25, 0.3) is 0 Å². The zero-order valence-electron chi connectivity index (χ0n) is 23.0. The van der Waals surface area contributed by atoms with E-state index in [1.54, 1.807) is 13.0 Å². The highest BCUT2D eigenvalue weighted by Crippen LogP contribution is 2.37. The fourth-order valence-corrected chi connectivity index (χ4v) is 5.21. The van der Waals surface area contributed by atoms with E-state index >= 15 is 4.39 Å². The number of ether oxygens (including phenoxy) is 2. The SMILES string of the molecule is C=C(C)C(=O)OCCOc1cc(-c2ccc(-c3ccc(C4CCC(C)CC4)cc3)cc2F)ccc1CCCO. The largest absolute Gasteiger partial charge is 0.490 e. The molecule has 1 saturated carbocycles. The Morgan fingerprint density at radius 2 is 1.64 bits per heavy atom. The van der Waals surface area contributed by atoms with Crippen LogP contribution < -0.4 is 4.74 Å². The molecule has 1 aliphatic carbocycles. The molecule has 3 aromatic carbocycles. The third-order valence-corrected chi connectivity index (χ3v) is 7.61. The number of carbonyl (C=O) groups excluding carboxylic acids is 1. The van der Waals surface area contributed by atoms with Crippen molar-refractivity contribution in [3.8, 4) is 28.0 Å². The van der Waals surface area contributed by atoms with E-state index < -0.39 is 5.97 Å². The summed E-state index contributed by atoms with van der Waals surface area (Å²) in [5.74, 6) is 1.27. The van der Waals surface area contributed by atoms with Crippen molar-refractivity contribution in [1.29, 1.82) is 0 Å². The van der Waals surface area contributed by atoms with Crippen molar-refractivity contribution in [2.45, 2.75) is 58.3 Å². The molecule has 1 fully saturated rings. The average Bonchev–Trinajstić information content (AvgIpc) is 2.95. The van der Waals surface area contributed by atoms with Crippen molar-refractivity contribution < 1.29 is 23.8 Å². The molecule has 0 saturated heterocycles. The van der Waals surface area contributed by atoms with Gasteiger partial charge in [0.05, 0.1) is 0 Å². The van der Waals surface area contributed by atoms with Gasteiger partial charge in [-0.25, -0.2) is 9.18 Å². The van der Waals surface area contributed by atoms with Crippen LogP contribution in [-0.4, -0.2) is 30.9 Å². The number of rotatable bonds is 11. The van der Waals surface area contributed by atoms with Crippen LogP contribution in [0.3, 0.4) is 0 Å². The summed E-state index contributed by atoms with van der Waals surface area (Å²) < 4.78 is 26.4. The normalized spacial score (nSPS) is 17.0. The maximum Gasteiger partial charge on any atom is 0.333 e. The first-order valence-corrected chi connectivity index (χ1v) is 13.9. The number of esters is 1. The van der Waals surface area contributed by atoms with E-state index in [0.29, 0.717) is 41.2 Å². The Bertz CT molecular complexity index is 1270. The molecule has 1 N–H and O–H groups in total. The minimum absolute atomic E-state index is 0.0638. The number of aliphatic hydroxyl groups excluding tert-OH is 1. The molecule has 206 valence electrons. The van der Waals surface area contributed by atoms with E-state index in [2.05, 4.69) is 37.8 Å². The molecule has 0 heterocycles. The first kappa shape index (κ1) is 28.6. The topological polar surface area (TPSA) is 55.8 Å². The van der Waals surface area contributed by atoms with Crippen LogP contribution in [0.4, 0.5) is 4.39 Å². The van der Waals surface area contributed by atoms with Crippen LogP contribution in [0.15, 0.2) is 72.8 Å². The van der Waals surface area contributed by atoms with Crippen LogP contribution in [0.2, 0.25) is 0 Å². The van der Waals surface area contributed by atoms with Gasteiger partial charge in [-0.05, 0) is 84.4 Å². The van der Waals surface area contributed by atoms with Gasteiger partial charge in [0.1, 0.15) is 24.8 Å². The van der Waals surface area contributed by atoms with Crippen LogP contribution in [-0.2, 0) is 16.0 Å². The Morgan fingerprint density at radius 3 is 2.31 bits per heavy atom. The van der Waals surface area contributed by atoms with E-state index in [9.17, 15) is 9.90 Å². The predicted molar refractivity (Wildman–Crippen MR) is 154 cm³/mol. The second-order valence-corrected chi connectivity index (χ2v) is 10.7. The fraction of sp³-hybridized carbons (Fsp3) is 0.382. The van der Waals surface area contributed by atoms with Crippen molar-refractivity contribution >= 4 is 5.97 Å². The van der Waals surface area contributed by atoms with E-state index in [1.165, 1.54) is 31.2 Å². The van der Waals surface area contributed by atoms with Gasteiger partial charge in [-0.15, -0.1) is 0 Å². The number of halogens is 1. The van der Waals surface area contributed by atoms with Crippen LogP contribution in [0, 0.1) is 11.7 Å². The van der Waals surface area contributed by atoms with Gasteiger partial charge < -0.3 is 14.6 Å². The van der Waals surface area contributed by atoms with Gasteiger partial charge >= 0.3 is 5.97 Å². The highest BCUT2D eigenvalue weighted by Gasteiger charge is 2.19. The lowest BCUT2D eigenvalue weighted by Gasteiger charge is -2.26. The fourth-order valence-electron chi connectivity index (χ4n) is 5.21. The van der Waals surface area contributed by atoms with Crippen molar-refractivity contribution in [3.05, 3.63) is 89.8 Å². The van der Waals surface area contributed by atoms with Crippen LogP contribution in [0.25, 0.3) is 22.3 Å². The summed E-state index contributed by atoms with van der Waals surface area (Å²) in [6.07, 6.45) is 6.27. The first-order valence-electron chi connectivity index (χ1n) is 13.9. The summed E-state index contributed by atoms with van der Waals surface area (Å²) in [5.41, 5.74) is 5.64. The van der Waals surface area contributed by atoms with E-state index in [-0.39, 0.29) is 25.6 Å². The van der Waals surface area contributed by atoms with Crippen LogP contribution >= 0.6 is 0 Å². The molecule has 4 nitrogen and oxygen atoms in total. The quantitative estimate of drug-likeness (QED) is 0.156. The summed E-state index contributed by atoms with van der Waals surface area (Å²) in [4.78, 5) is 11.6. The minimum Gasteiger partial charge on any atom is -0.490 e. The van der Waals surface area contributed by atoms with Gasteiger partial charge in [0, 0.05) is 17.7 Å². The second-order valence-electron chi connectivity index (χ2n) is 10.7. The van der Waals surface area contributed by atoms with Gasteiger partial charge in [0.2, 0.25) is 0 Å². The van der Waals surface area contributed by atoms with Crippen molar-refractivity contribution in [2.24, 2.45) is 5.92 Å². The van der Waals surface area contributed by atoms with E-state index in [0.717, 1.165) is 22.6 Å². The zero-order valence-corrected chi connectivity index (χ0v) is 23.0. The maximum absolute atomic E-state index is 15.4. The Labute approximate surface area is 231 Å². The number of carbonyl (C=O) groups is 1. The molecule has 0 radical (unpaired) electrons. The molecule has 0 bridgehead atoms. The number of aryl methyl sites for hydroxylation is 1. The molecule has 0 spiro atoms. The van der Waals surface area contributed by atoms with Crippen molar-refractivity contribution in [1.82, 2.24) is 0 Å². The molecule has 0 unspecified atom stereocenters. The molecule has 4 rings (SSSR count). The molecule has 3 aromatic rings. The summed E-state index contributed by atoms with van der Waals surface area (Å²) in [6, 6.07) is 19.5. The average molecular weight is 531 g/mol. The van der Waals surface area contributed by atoms with Gasteiger partial charge in [-0.3, -0.25) is 0 Å². The Morgan fingerprint density at radius 1 is 0.949 bits per heavy atom. The van der Waals surface area contributed by atoms with E-state index in [1.807, 2.05) is 30.3 Å². The summed E-state index contributed by atoms with van der Waals surface area (Å²) in [5, 5.41) is 9.27. The third kappa shape index (κ3) is 7.57. The van der Waals surface area contributed by atoms with Crippen molar-refractivity contribution in [3.63, 3.8) is 0 Å². The lowest BCUT2D eigenvalue weighted by atomic mass is 9.79. The lowest BCUT2D eigenvalue weighted by molar-refractivity contribution is -0.139. The molecule has 5 heteroatoms. The second kappa shape index (κ2) is 13.6. The number of hydrogen-bond acceptors (Lipinski definition) is 4. The van der Waals surface area contributed by atoms with E-state index in [4.69, 9.17) is 9.47 Å². The Kier molecular flexibility index (Phi) is 9.94. The predicted octanol–water partition coefficient (Wildman–Crippen LogP) is 7.88. The zero-order chi connectivity index (χ0) is 27.8. The highest BCUT2D eigenvalue weighted by atomic mass is 19.1. The molecular formula is C34H39FO4. The first-order chi connectivity index (χ1) is 18.9. The Balaban J connectivity index is 1.49. The summed E-state index contributed by atoms with van der Waals surface area (Å²) >= 11 is 0. The molecule has 0 amide bonds. The van der Waals surface area contributed by atoms with Gasteiger partial charge in [-0.2, -0.15) is 0 Å². The van der Waals surface area contributed by atoms with Crippen molar-refractivity contribution in [2.75, 3.05) is 19.8 Å². The maximum atomic E-state index is 15.4. The Hall–Kier alpha value is -3.44. The number of benzene rings is 3. The number of hydrogen-bond donors (Lipinski definition) is 1. The molecule has 0 aliphatic heterocycles. The number of aliphatic hydroxyl groups is 1. The third-order valence-electron chi connectivity index (χ3n) is 7.61. The van der Waals surface area contributed by atoms with Crippen LogP contribution in [0.5, 0.6) is 5.75 Å². The minimum atomic E-state index is -0.465. The van der Waals surface area contributed by atoms with Crippen LogP contribution in [0.1, 0.15) is 63.0 Å². The highest BCUT2D eigenvalue weighted by molar-refractivity contribution is 5.86. The molecule has 0 aromatic heterocycles. The standard InChI is InChI=1S/C34H39FO4/c1-23(2)34(37)39-20-19-38-33-22-30(15-14-28(33)5-4-18-36)31-17-16-29(21-32(31)35)27-12-10-26(11-13-27)25-8-6-24(3)7-9-25/h10-17,21-22,24-25,36H,1,4-9,18-20H2,2-3H3. The lowest BCUT2D eigenvalue weighted by Crippen LogP contribution is -2.13. The van der Waals surface area contributed by atoms with Gasteiger partial charge in [0.15, 0.2) is 0 Å². The molecule has 1 aliphatic rings. The molecule has 39 heavy (non-hydrogen) atoms. The smallest absolute Gasteiger partial charge is 0.333 e. The molecular weight excluding hydrogens is 491 g/mol. The summed E-state index contributed by atoms with van der Waals surface area (Å²) in [6.45, 7) is 7.80. The monoisotopic (exact) mass is 530 g/mol. The summed E-state index contributed by atoms with van der Waals surface area (Å²) in [7, 11) is 0. The van der Waals surface area contributed by atoms with Gasteiger partial charge in [-0.1, -0.05) is 74.9 Å².